The zero-order chi connectivity index (χ0) is 18.0. The van der Waals surface area contributed by atoms with E-state index < -0.39 is 17.7 Å². The van der Waals surface area contributed by atoms with E-state index in [1.54, 1.807) is 0 Å². The van der Waals surface area contributed by atoms with E-state index in [-0.39, 0.29) is 12.7 Å². The van der Waals surface area contributed by atoms with Crippen LogP contribution in [0.25, 0.3) is 0 Å². The SMILES string of the molecule is CC(C)(C)OC(=O)N1CCCC1C(=O)NCc1ccc2c(c1)OCO2. The molecule has 1 fully saturated rings. The van der Waals surface area contributed by atoms with Crippen molar-refractivity contribution >= 4 is 12.0 Å². The molecule has 0 aliphatic carbocycles. The lowest BCUT2D eigenvalue weighted by Gasteiger charge is -2.28. The fourth-order valence-corrected chi connectivity index (χ4v) is 2.94. The summed E-state index contributed by atoms with van der Waals surface area (Å²) in [6.07, 6.45) is 1.00. The van der Waals surface area contributed by atoms with Crippen LogP contribution in [0.5, 0.6) is 11.5 Å². The van der Waals surface area contributed by atoms with Crippen LogP contribution in [0.2, 0.25) is 0 Å². The van der Waals surface area contributed by atoms with Crippen molar-refractivity contribution in [1.29, 1.82) is 0 Å². The summed E-state index contributed by atoms with van der Waals surface area (Å²) < 4.78 is 16.0. The van der Waals surface area contributed by atoms with E-state index in [2.05, 4.69) is 5.32 Å². The topological polar surface area (TPSA) is 77.1 Å². The first-order valence-electron chi connectivity index (χ1n) is 8.49. The first-order valence-corrected chi connectivity index (χ1v) is 8.49. The Morgan fingerprint density at radius 1 is 1.28 bits per heavy atom. The summed E-state index contributed by atoms with van der Waals surface area (Å²) in [7, 11) is 0. The van der Waals surface area contributed by atoms with Crippen molar-refractivity contribution in [2.45, 2.75) is 51.8 Å². The van der Waals surface area contributed by atoms with E-state index in [4.69, 9.17) is 14.2 Å². The molecular formula is C18H24N2O5. The zero-order valence-corrected chi connectivity index (χ0v) is 14.8. The Labute approximate surface area is 147 Å². The van der Waals surface area contributed by atoms with Gasteiger partial charge < -0.3 is 19.5 Å². The van der Waals surface area contributed by atoms with Crippen LogP contribution in [-0.2, 0) is 16.1 Å². The van der Waals surface area contributed by atoms with Crippen LogP contribution in [0.3, 0.4) is 0 Å². The predicted octanol–water partition coefficient (Wildman–Crippen LogP) is 2.43. The molecule has 0 saturated carbocycles. The fraction of sp³-hybridized carbons (Fsp3) is 0.556. The van der Waals surface area contributed by atoms with Gasteiger partial charge in [-0.05, 0) is 51.3 Å². The third kappa shape index (κ3) is 4.15. The highest BCUT2D eigenvalue weighted by Crippen LogP contribution is 2.32. The van der Waals surface area contributed by atoms with Gasteiger partial charge in [0, 0.05) is 13.1 Å². The average Bonchev–Trinajstić information content (AvgIpc) is 3.19. The van der Waals surface area contributed by atoms with E-state index >= 15 is 0 Å². The molecule has 1 aromatic rings. The average molecular weight is 348 g/mol. The van der Waals surface area contributed by atoms with Crippen LogP contribution in [0.15, 0.2) is 18.2 Å². The molecule has 1 unspecified atom stereocenters. The second-order valence-corrected chi connectivity index (χ2v) is 7.24. The summed E-state index contributed by atoms with van der Waals surface area (Å²) in [6, 6.07) is 5.08. The smallest absolute Gasteiger partial charge is 0.410 e. The van der Waals surface area contributed by atoms with Gasteiger partial charge in [-0.15, -0.1) is 0 Å². The first-order chi connectivity index (χ1) is 11.8. The number of fused-ring (bicyclic) bond motifs is 1. The molecule has 0 bridgehead atoms. The van der Waals surface area contributed by atoms with Crippen molar-refractivity contribution < 1.29 is 23.8 Å². The van der Waals surface area contributed by atoms with Crippen LogP contribution in [0.1, 0.15) is 39.2 Å². The van der Waals surface area contributed by atoms with Crippen LogP contribution >= 0.6 is 0 Å². The highest BCUT2D eigenvalue weighted by Gasteiger charge is 2.36. The third-order valence-corrected chi connectivity index (χ3v) is 4.09. The number of hydrogen-bond acceptors (Lipinski definition) is 5. The van der Waals surface area contributed by atoms with Gasteiger partial charge in [0.15, 0.2) is 11.5 Å². The van der Waals surface area contributed by atoms with Gasteiger partial charge in [0.05, 0.1) is 0 Å². The maximum Gasteiger partial charge on any atom is 0.410 e. The Hall–Kier alpha value is -2.44. The number of nitrogens with zero attached hydrogens (tertiary/aromatic N) is 1. The molecule has 1 saturated heterocycles. The largest absolute Gasteiger partial charge is 0.454 e. The highest BCUT2D eigenvalue weighted by molar-refractivity contribution is 5.86. The molecular weight excluding hydrogens is 324 g/mol. The Morgan fingerprint density at radius 3 is 2.80 bits per heavy atom. The van der Waals surface area contributed by atoms with Crippen LogP contribution in [-0.4, -0.2) is 41.9 Å². The lowest BCUT2D eigenvalue weighted by molar-refractivity contribution is -0.125. The van der Waals surface area contributed by atoms with Crippen LogP contribution < -0.4 is 14.8 Å². The number of amides is 2. The summed E-state index contributed by atoms with van der Waals surface area (Å²) in [5.41, 5.74) is 0.340. The Balaban J connectivity index is 1.57. The summed E-state index contributed by atoms with van der Waals surface area (Å²) in [5, 5.41) is 2.90. The molecule has 1 N–H and O–H groups in total. The second-order valence-electron chi connectivity index (χ2n) is 7.24. The monoisotopic (exact) mass is 348 g/mol. The molecule has 2 aliphatic heterocycles. The Bertz CT molecular complexity index is 668. The maximum absolute atomic E-state index is 12.5. The van der Waals surface area contributed by atoms with Crippen LogP contribution in [0, 0.1) is 0 Å². The van der Waals surface area contributed by atoms with Gasteiger partial charge in [0.25, 0.3) is 0 Å². The van der Waals surface area contributed by atoms with Crippen molar-refractivity contribution in [3.05, 3.63) is 23.8 Å². The van der Waals surface area contributed by atoms with E-state index in [0.29, 0.717) is 31.0 Å². The molecule has 2 amide bonds. The molecule has 7 nitrogen and oxygen atoms in total. The van der Waals surface area contributed by atoms with Gasteiger partial charge in [-0.2, -0.15) is 0 Å². The van der Waals surface area contributed by atoms with Gasteiger partial charge in [0.1, 0.15) is 11.6 Å². The van der Waals surface area contributed by atoms with Gasteiger partial charge in [0.2, 0.25) is 12.7 Å². The number of carbonyl (C=O) groups is 2. The number of carbonyl (C=O) groups excluding carboxylic acids is 2. The molecule has 2 aliphatic rings. The predicted molar refractivity (Wildman–Crippen MR) is 90.4 cm³/mol. The summed E-state index contributed by atoms with van der Waals surface area (Å²) in [5.74, 6) is 1.23. The molecule has 7 heteroatoms. The van der Waals surface area contributed by atoms with Crippen molar-refractivity contribution in [1.82, 2.24) is 10.2 Å². The highest BCUT2D eigenvalue weighted by atomic mass is 16.7. The molecule has 0 aromatic heterocycles. The van der Waals surface area contributed by atoms with Gasteiger partial charge >= 0.3 is 6.09 Å². The second kappa shape index (κ2) is 6.82. The number of nitrogens with one attached hydrogen (secondary N) is 1. The lowest BCUT2D eigenvalue weighted by atomic mass is 10.1. The Morgan fingerprint density at radius 2 is 2.04 bits per heavy atom. The molecule has 25 heavy (non-hydrogen) atoms. The number of hydrogen-bond donors (Lipinski definition) is 1. The molecule has 0 radical (unpaired) electrons. The van der Waals surface area contributed by atoms with E-state index in [0.717, 1.165) is 12.0 Å². The van der Waals surface area contributed by atoms with Gasteiger partial charge in [-0.1, -0.05) is 6.07 Å². The molecule has 136 valence electrons. The van der Waals surface area contributed by atoms with Crippen molar-refractivity contribution in [2.75, 3.05) is 13.3 Å². The maximum atomic E-state index is 12.5. The Kier molecular flexibility index (Phi) is 4.74. The summed E-state index contributed by atoms with van der Waals surface area (Å²) in [4.78, 5) is 26.3. The third-order valence-electron chi connectivity index (χ3n) is 4.09. The van der Waals surface area contributed by atoms with Crippen molar-refractivity contribution in [3.8, 4) is 11.5 Å². The van der Waals surface area contributed by atoms with E-state index in [9.17, 15) is 9.59 Å². The molecule has 1 atom stereocenters. The minimum absolute atomic E-state index is 0.166. The number of benzene rings is 1. The molecule has 2 heterocycles. The van der Waals surface area contributed by atoms with Crippen molar-refractivity contribution in [3.63, 3.8) is 0 Å². The van der Waals surface area contributed by atoms with Gasteiger partial charge in [-0.25, -0.2) is 4.79 Å². The standard InChI is InChI=1S/C18H24N2O5/c1-18(2,3)25-17(22)20-8-4-5-13(20)16(21)19-10-12-6-7-14-15(9-12)24-11-23-14/h6-7,9,13H,4-5,8,10-11H2,1-3H3,(H,19,21). The van der Waals surface area contributed by atoms with Crippen molar-refractivity contribution in [2.24, 2.45) is 0 Å². The van der Waals surface area contributed by atoms with Crippen LogP contribution in [0.4, 0.5) is 4.79 Å². The minimum Gasteiger partial charge on any atom is -0.454 e. The molecule has 0 spiro atoms. The fourth-order valence-electron chi connectivity index (χ4n) is 2.94. The normalized spacial score (nSPS) is 19.0. The van der Waals surface area contributed by atoms with E-state index in [1.807, 2.05) is 39.0 Å². The quantitative estimate of drug-likeness (QED) is 0.908. The number of ether oxygens (including phenoxy) is 3. The molecule has 1 aromatic carbocycles. The number of rotatable bonds is 3. The summed E-state index contributed by atoms with van der Waals surface area (Å²) >= 11 is 0. The first kappa shape index (κ1) is 17.4. The zero-order valence-electron chi connectivity index (χ0n) is 14.8. The minimum atomic E-state index is -0.576. The molecule has 3 rings (SSSR count). The number of likely N-dealkylation sites (tertiary alicyclic amines) is 1. The van der Waals surface area contributed by atoms with Gasteiger partial charge in [-0.3, -0.25) is 9.69 Å². The van der Waals surface area contributed by atoms with E-state index in [1.165, 1.54) is 4.90 Å². The summed E-state index contributed by atoms with van der Waals surface area (Å²) in [6.45, 7) is 6.57. The lowest BCUT2D eigenvalue weighted by Crippen LogP contribution is -2.47.